The first-order valence-corrected chi connectivity index (χ1v) is 6.66. The summed E-state index contributed by atoms with van der Waals surface area (Å²) in [4.78, 5) is 0. The molecule has 3 heteroatoms. The van der Waals surface area contributed by atoms with Crippen LogP contribution in [-0.2, 0) is 6.42 Å². The second-order valence-electron chi connectivity index (χ2n) is 4.20. The van der Waals surface area contributed by atoms with E-state index in [1.54, 1.807) is 12.1 Å². The molecule has 0 aromatic heterocycles. The van der Waals surface area contributed by atoms with E-state index in [0.29, 0.717) is 0 Å². The molecule has 0 amide bonds. The Morgan fingerprint density at radius 1 is 1.17 bits per heavy atom. The van der Waals surface area contributed by atoms with Crippen molar-refractivity contribution in [2.75, 3.05) is 7.05 Å². The van der Waals surface area contributed by atoms with Gasteiger partial charge in [0.05, 0.1) is 0 Å². The molecule has 0 aliphatic carbocycles. The predicted molar refractivity (Wildman–Crippen MR) is 76.0 cm³/mol. The van der Waals surface area contributed by atoms with Crippen molar-refractivity contribution < 1.29 is 4.39 Å². The molecule has 1 nitrogen and oxygen atoms in total. The van der Waals surface area contributed by atoms with Crippen LogP contribution in [0.3, 0.4) is 0 Å². The molecular weight excluding hydrogens is 293 g/mol. The zero-order valence-electron chi connectivity index (χ0n) is 10.2. The van der Waals surface area contributed by atoms with Gasteiger partial charge in [0.15, 0.2) is 0 Å². The maximum absolute atomic E-state index is 13.2. The lowest BCUT2D eigenvalue weighted by Gasteiger charge is -2.18. The Kier molecular flexibility index (Phi) is 4.50. The number of rotatable bonds is 4. The van der Waals surface area contributed by atoms with E-state index in [-0.39, 0.29) is 11.9 Å². The highest BCUT2D eigenvalue weighted by atomic mass is 79.9. The van der Waals surface area contributed by atoms with Gasteiger partial charge in [-0.25, -0.2) is 4.39 Å². The number of hydrogen-bond acceptors (Lipinski definition) is 1. The summed E-state index contributed by atoms with van der Waals surface area (Å²) in [5.41, 5.74) is 2.18. The Labute approximate surface area is 115 Å². The summed E-state index contributed by atoms with van der Waals surface area (Å²) in [6, 6.07) is 15.0. The van der Waals surface area contributed by atoms with Crippen LogP contribution in [0.1, 0.15) is 17.2 Å². The molecule has 94 valence electrons. The first-order chi connectivity index (χ1) is 8.70. The number of hydrogen-bond donors (Lipinski definition) is 1. The van der Waals surface area contributed by atoms with Crippen molar-refractivity contribution in [1.82, 2.24) is 5.32 Å². The minimum absolute atomic E-state index is 0.169. The second kappa shape index (κ2) is 6.12. The van der Waals surface area contributed by atoms with E-state index in [0.717, 1.165) is 16.5 Å². The molecule has 18 heavy (non-hydrogen) atoms. The zero-order valence-corrected chi connectivity index (χ0v) is 11.7. The maximum atomic E-state index is 13.2. The van der Waals surface area contributed by atoms with Gasteiger partial charge >= 0.3 is 0 Å². The molecule has 0 aliphatic rings. The standard InChI is InChI=1S/C15H15BrFN/c1-18-15(13-7-2-3-8-14(13)16)10-11-5-4-6-12(17)9-11/h2-9,15,18H,10H2,1H3. The second-order valence-corrected chi connectivity index (χ2v) is 5.05. The van der Waals surface area contributed by atoms with Gasteiger partial charge in [-0.1, -0.05) is 46.3 Å². The van der Waals surface area contributed by atoms with Crippen LogP contribution in [0.2, 0.25) is 0 Å². The molecular formula is C15H15BrFN. The lowest BCUT2D eigenvalue weighted by atomic mass is 9.99. The molecule has 0 fully saturated rings. The van der Waals surface area contributed by atoms with E-state index < -0.39 is 0 Å². The predicted octanol–water partition coefficient (Wildman–Crippen LogP) is 4.09. The number of benzene rings is 2. The van der Waals surface area contributed by atoms with E-state index >= 15 is 0 Å². The first kappa shape index (κ1) is 13.2. The van der Waals surface area contributed by atoms with Gasteiger partial charge in [-0.2, -0.15) is 0 Å². The normalized spacial score (nSPS) is 12.4. The summed E-state index contributed by atoms with van der Waals surface area (Å²) in [5, 5.41) is 3.27. The molecule has 0 aliphatic heterocycles. The van der Waals surface area contributed by atoms with E-state index in [4.69, 9.17) is 0 Å². The molecule has 0 spiro atoms. The highest BCUT2D eigenvalue weighted by Gasteiger charge is 2.12. The highest BCUT2D eigenvalue weighted by Crippen LogP contribution is 2.25. The van der Waals surface area contributed by atoms with Crippen LogP contribution in [0, 0.1) is 5.82 Å². The lowest BCUT2D eigenvalue weighted by molar-refractivity contribution is 0.582. The van der Waals surface area contributed by atoms with Crippen molar-refractivity contribution in [1.29, 1.82) is 0 Å². The highest BCUT2D eigenvalue weighted by molar-refractivity contribution is 9.10. The van der Waals surface area contributed by atoms with E-state index in [9.17, 15) is 4.39 Å². The van der Waals surface area contributed by atoms with Gasteiger partial charge in [-0.05, 0) is 42.8 Å². The average molecular weight is 308 g/mol. The van der Waals surface area contributed by atoms with Gasteiger partial charge in [0.25, 0.3) is 0 Å². The van der Waals surface area contributed by atoms with Gasteiger partial charge in [0, 0.05) is 10.5 Å². The third-order valence-corrected chi connectivity index (χ3v) is 3.68. The van der Waals surface area contributed by atoms with Crippen LogP contribution in [0.4, 0.5) is 4.39 Å². The van der Waals surface area contributed by atoms with E-state index in [1.165, 1.54) is 11.6 Å². The fraction of sp³-hybridized carbons (Fsp3) is 0.200. The van der Waals surface area contributed by atoms with Gasteiger partial charge in [0.1, 0.15) is 5.82 Å². The van der Waals surface area contributed by atoms with Crippen molar-refractivity contribution >= 4 is 15.9 Å². The number of likely N-dealkylation sites (N-methyl/N-ethyl adjacent to an activating group) is 1. The van der Waals surface area contributed by atoms with E-state index in [2.05, 4.69) is 27.3 Å². The molecule has 0 saturated heterocycles. The number of halogens is 2. The SMILES string of the molecule is CNC(Cc1cccc(F)c1)c1ccccc1Br. The number of nitrogens with one attached hydrogen (secondary N) is 1. The molecule has 0 radical (unpaired) electrons. The summed E-state index contributed by atoms with van der Waals surface area (Å²) in [6.07, 6.45) is 0.761. The average Bonchev–Trinajstić information content (AvgIpc) is 2.37. The molecule has 2 aromatic rings. The largest absolute Gasteiger partial charge is 0.313 e. The van der Waals surface area contributed by atoms with Crippen LogP contribution in [0.15, 0.2) is 53.0 Å². The molecule has 2 rings (SSSR count). The van der Waals surface area contributed by atoms with Crippen molar-refractivity contribution in [3.05, 3.63) is 69.9 Å². The third kappa shape index (κ3) is 3.18. The minimum atomic E-state index is -0.186. The van der Waals surface area contributed by atoms with Gasteiger partial charge in [-0.15, -0.1) is 0 Å². The van der Waals surface area contributed by atoms with Crippen molar-refractivity contribution in [2.24, 2.45) is 0 Å². The summed E-state index contributed by atoms with van der Waals surface area (Å²) >= 11 is 3.55. The van der Waals surface area contributed by atoms with Crippen molar-refractivity contribution in [2.45, 2.75) is 12.5 Å². The molecule has 0 bridgehead atoms. The van der Waals surface area contributed by atoms with Gasteiger partial charge in [-0.3, -0.25) is 0 Å². The summed E-state index contributed by atoms with van der Waals surface area (Å²) in [5.74, 6) is -0.186. The fourth-order valence-corrected chi connectivity index (χ4v) is 2.59. The van der Waals surface area contributed by atoms with Crippen LogP contribution in [-0.4, -0.2) is 7.05 Å². The Morgan fingerprint density at radius 2 is 1.94 bits per heavy atom. The molecule has 1 atom stereocenters. The molecule has 0 saturated carbocycles. The van der Waals surface area contributed by atoms with Crippen LogP contribution in [0.5, 0.6) is 0 Å². The lowest BCUT2D eigenvalue weighted by Crippen LogP contribution is -2.19. The summed E-state index contributed by atoms with van der Waals surface area (Å²) in [7, 11) is 1.92. The quantitative estimate of drug-likeness (QED) is 0.897. The molecule has 0 heterocycles. The molecule has 1 unspecified atom stereocenters. The molecule has 2 aromatic carbocycles. The zero-order chi connectivity index (χ0) is 13.0. The Balaban J connectivity index is 2.23. The maximum Gasteiger partial charge on any atom is 0.123 e. The van der Waals surface area contributed by atoms with Crippen molar-refractivity contribution in [3.63, 3.8) is 0 Å². The Bertz CT molecular complexity index is 527. The third-order valence-electron chi connectivity index (χ3n) is 2.96. The van der Waals surface area contributed by atoms with Crippen LogP contribution >= 0.6 is 15.9 Å². The van der Waals surface area contributed by atoms with E-state index in [1.807, 2.05) is 31.3 Å². The summed E-state index contributed by atoms with van der Waals surface area (Å²) in [6.45, 7) is 0. The Morgan fingerprint density at radius 3 is 2.61 bits per heavy atom. The fourth-order valence-electron chi connectivity index (χ4n) is 2.02. The van der Waals surface area contributed by atoms with Gasteiger partial charge in [0.2, 0.25) is 0 Å². The summed E-state index contributed by atoms with van der Waals surface area (Å²) < 4.78 is 14.2. The topological polar surface area (TPSA) is 12.0 Å². The van der Waals surface area contributed by atoms with Gasteiger partial charge < -0.3 is 5.32 Å². The smallest absolute Gasteiger partial charge is 0.123 e. The van der Waals surface area contributed by atoms with Crippen LogP contribution in [0.25, 0.3) is 0 Å². The molecule has 1 N–H and O–H groups in total. The monoisotopic (exact) mass is 307 g/mol. The van der Waals surface area contributed by atoms with Crippen LogP contribution < -0.4 is 5.32 Å². The Hall–Kier alpha value is -1.19. The first-order valence-electron chi connectivity index (χ1n) is 5.87. The minimum Gasteiger partial charge on any atom is -0.313 e. The van der Waals surface area contributed by atoms with Crippen molar-refractivity contribution in [3.8, 4) is 0 Å².